The molecule has 5 atom stereocenters. The molecule has 2 aliphatic heterocycles. The molecule has 15 nitrogen and oxygen atoms in total. The van der Waals surface area contributed by atoms with Crippen LogP contribution in [0.3, 0.4) is 0 Å². The van der Waals surface area contributed by atoms with Gasteiger partial charge < -0.3 is 51.9 Å². The van der Waals surface area contributed by atoms with Crippen molar-refractivity contribution in [2.75, 3.05) is 27.2 Å². The number of carboxylic acid groups (broad SMARTS) is 5. The lowest BCUT2D eigenvalue weighted by Gasteiger charge is -2.12. The van der Waals surface area contributed by atoms with Crippen molar-refractivity contribution in [3.63, 3.8) is 0 Å². The van der Waals surface area contributed by atoms with Crippen molar-refractivity contribution < 1.29 is 54.6 Å². The molecule has 0 radical (unpaired) electrons. The highest BCUT2D eigenvalue weighted by molar-refractivity contribution is 5.74. The molecule has 15 heteroatoms. The maximum Gasteiger partial charge on any atom is 0.332 e. The van der Waals surface area contributed by atoms with Gasteiger partial charge >= 0.3 is 29.8 Å². The third kappa shape index (κ3) is 26.1. The van der Waals surface area contributed by atoms with Gasteiger partial charge in [0.2, 0.25) is 0 Å². The summed E-state index contributed by atoms with van der Waals surface area (Å²) in [5.41, 5.74) is 0. The highest BCUT2D eigenvalue weighted by atomic mass is 16.4. The lowest BCUT2D eigenvalue weighted by atomic mass is 10.0. The summed E-state index contributed by atoms with van der Waals surface area (Å²) >= 11 is 0. The molecule has 2 saturated heterocycles. The Hall–Kier alpha value is -2.85. The third-order valence-corrected chi connectivity index (χ3v) is 5.78. The second-order valence-electron chi connectivity index (χ2n) is 10.6. The molecule has 2 heterocycles. The summed E-state index contributed by atoms with van der Waals surface area (Å²) in [6.07, 6.45) is 3.71. The van der Waals surface area contributed by atoms with Crippen LogP contribution in [0.5, 0.6) is 0 Å². The number of likely N-dealkylation sites (N-methyl/N-ethyl adjacent to an activating group) is 2. The van der Waals surface area contributed by atoms with Crippen LogP contribution in [0.25, 0.3) is 0 Å². The van der Waals surface area contributed by atoms with Crippen LogP contribution in [0.2, 0.25) is 0 Å². The zero-order chi connectivity index (χ0) is 33.4. The van der Waals surface area contributed by atoms with Gasteiger partial charge in [-0.1, -0.05) is 27.7 Å². The molecular formula is C27H54N4O11. The first-order valence-electron chi connectivity index (χ1n) is 14.0. The Morgan fingerprint density at radius 2 is 0.929 bits per heavy atom. The summed E-state index contributed by atoms with van der Waals surface area (Å²) in [6, 6.07) is -1.31. The van der Waals surface area contributed by atoms with Crippen LogP contribution >= 0.6 is 0 Å². The quantitative estimate of drug-likeness (QED) is 0.153. The molecular weight excluding hydrogens is 556 g/mol. The molecule has 0 saturated carbocycles. The summed E-state index contributed by atoms with van der Waals surface area (Å²) < 4.78 is 0. The molecule has 42 heavy (non-hydrogen) atoms. The lowest BCUT2D eigenvalue weighted by molar-refractivity contribution is -0.145. The van der Waals surface area contributed by atoms with E-state index in [0.29, 0.717) is 24.7 Å². The van der Waals surface area contributed by atoms with E-state index in [1.807, 2.05) is 27.7 Å². The van der Waals surface area contributed by atoms with E-state index in [9.17, 15) is 24.0 Å². The van der Waals surface area contributed by atoms with Crippen LogP contribution < -0.4 is 21.3 Å². The number of aliphatic hydroxyl groups excluding tert-OH is 1. The zero-order valence-corrected chi connectivity index (χ0v) is 25.9. The van der Waals surface area contributed by atoms with Gasteiger partial charge in [-0.3, -0.25) is 19.2 Å². The summed E-state index contributed by atoms with van der Waals surface area (Å²) in [4.78, 5) is 50.5. The summed E-state index contributed by atoms with van der Waals surface area (Å²) in [7, 11) is 3.34. The number of aliphatic carboxylic acids is 5. The van der Waals surface area contributed by atoms with Crippen molar-refractivity contribution in [1.82, 2.24) is 21.3 Å². The Labute approximate surface area is 248 Å². The van der Waals surface area contributed by atoms with E-state index in [-0.39, 0.29) is 24.2 Å². The molecule has 0 amide bonds. The number of aliphatic hydroxyl groups is 1. The Morgan fingerprint density at radius 1 is 0.643 bits per heavy atom. The Kier molecular flexibility index (Phi) is 26.8. The second-order valence-corrected chi connectivity index (χ2v) is 10.6. The summed E-state index contributed by atoms with van der Waals surface area (Å²) in [5, 5.41) is 60.8. The Balaban J connectivity index is -0.000000457. The van der Waals surface area contributed by atoms with E-state index in [1.165, 1.54) is 6.92 Å². The van der Waals surface area contributed by atoms with E-state index in [2.05, 4.69) is 21.3 Å². The average Bonchev–Trinajstić information content (AvgIpc) is 3.62. The number of nitrogens with one attached hydrogen (secondary N) is 4. The van der Waals surface area contributed by atoms with Gasteiger partial charge in [-0.25, -0.2) is 4.79 Å². The molecule has 2 fully saturated rings. The minimum absolute atomic E-state index is 0.269. The van der Waals surface area contributed by atoms with Crippen molar-refractivity contribution in [2.45, 2.75) is 103 Å². The maximum atomic E-state index is 10.4. The molecule has 10 N–H and O–H groups in total. The van der Waals surface area contributed by atoms with Gasteiger partial charge in [0.1, 0.15) is 30.3 Å². The van der Waals surface area contributed by atoms with Gasteiger partial charge in [0.05, 0.1) is 0 Å². The van der Waals surface area contributed by atoms with Gasteiger partial charge in [-0.15, -0.1) is 0 Å². The molecule has 0 aliphatic carbocycles. The van der Waals surface area contributed by atoms with Gasteiger partial charge in [-0.05, 0) is 84.5 Å². The number of carbonyl (C=O) groups is 5. The molecule has 2 rings (SSSR count). The highest BCUT2D eigenvalue weighted by Crippen LogP contribution is 2.05. The summed E-state index contributed by atoms with van der Waals surface area (Å²) in [6.45, 7) is 10.9. The number of hydrogen-bond acceptors (Lipinski definition) is 10. The topological polar surface area (TPSA) is 255 Å². The van der Waals surface area contributed by atoms with Gasteiger partial charge in [-0.2, -0.15) is 0 Å². The first kappa shape index (κ1) is 43.6. The Morgan fingerprint density at radius 3 is 1.00 bits per heavy atom. The highest BCUT2D eigenvalue weighted by Gasteiger charge is 2.21. The van der Waals surface area contributed by atoms with Crippen LogP contribution in [0.15, 0.2) is 0 Å². The SMILES string of the molecule is CC(O)C(=O)O.CN[C@@H](CC(C)C)C(=O)O.CN[C@@H](CC(C)C)C(=O)O.O=C(O)[C@@H]1CCCN1.O=C(O)[C@@H]1CCCN1. The average molecular weight is 611 g/mol. The fourth-order valence-electron chi connectivity index (χ4n) is 3.42. The van der Waals surface area contributed by atoms with E-state index in [0.717, 1.165) is 38.8 Å². The van der Waals surface area contributed by atoms with Crippen LogP contribution in [-0.4, -0.2) is 118 Å². The minimum Gasteiger partial charge on any atom is -0.480 e. The van der Waals surface area contributed by atoms with Gasteiger partial charge in [0.15, 0.2) is 0 Å². The molecule has 0 spiro atoms. The monoisotopic (exact) mass is 610 g/mol. The fraction of sp³-hybridized carbons (Fsp3) is 0.815. The van der Waals surface area contributed by atoms with Gasteiger partial charge in [0.25, 0.3) is 0 Å². The van der Waals surface area contributed by atoms with E-state index < -0.39 is 36.0 Å². The van der Waals surface area contributed by atoms with Gasteiger partial charge in [0, 0.05) is 0 Å². The fourth-order valence-corrected chi connectivity index (χ4v) is 3.42. The molecule has 2 aliphatic rings. The summed E-state index contributed by atoms with van der Waals surface area (Å²) in [5.74, 6) is -3.31. The van der Waals surface area contributed by atoms with Crippen molar-refractivity contribution in [1.29, 1.82) is 0 Å². The predicted octanol–water partition coefficient (Wildman–Crippen LogP) is 0.508. The van der Waals surface area contributed by atoms with Crippen LogP contribution in [0.1, 0.15) is 73.1 Å². The second kappa shape index (κ2) is 25.8. The van der Waals surface area contributed by atoms with Crippen molar-refractivity contribution in [2.24, 2.45) is 11.8 Å². The number of carboxylic acids is 5. The normalized spacial score (nSPS) is 19.2. The largest absolute Gasteiger partial charge is 0.480 e. The molecule has 0 aromatic rings. The van der Waals surface area contributed by atoms with Crippen molar-refractivity contribution in [3.05, 3.63) is 0 Å². The van der Waals surface area contributed by atoms with Crippen LogP contribution in [0, 0.1) is 11.8 Å². The molecule has 0 aromatic carbocycles. The standard InChI is InChI=1S/2C7H15NO2.2C5H9NO2.C3H6O3/c2*1-5(2)4-6(8-3)7(9)10;2*7-5(8)4-2-1-3-6-4;1-2(4)3(5)6/h2*5-6,8H,4H2,1-3H3,(H,9,10);2*4,6H,1-3H2,(H,7,8);2,4H,1H3,(H,5,6)/t2*6-;2*4-;/m0000./s1. The minimum atomic E-state index is -1.23. The zero-order valence-electron chi connectivity index (χ0n) is 25.9. The third-order valence-electron chi connectivity index (χ3n) is 5.78. The predicted molar refractivity (Wildman–Crippen MR) is 157 cm³/mol. The van der Waals surface area contributed by atoms with Crippen molar-refractivity contribution in [3.8, 4) is 0 Å². The molecule has 0 bridgehead atoms. The van der Waals surface area contributed by atoms with E-state index in [4.69, 9.17) is 30.6 Å². The Bertz CT molecular complexity index is 713. The smallest absolute Gasteiger partial charge is 0.332 e. The van der Waals surface area contributed by atoms with E-state index >= 15 is 0 Å². The lowest BCUT2D eigenvalue weighted by Crippen LogP contribution is -2.34. The first-order valence-corrected chi connectivity index (χ1v) is 14.0. The molecule has 248 valence electrons. The van der Waals surface area contributed by atoms with Crippen LogP contribution in [0.4, 0.5) is 0 Å². The molecule has 1 unspecified atom stereocenters. The number of hydrogen-bond donors (Lipinski definition) is 10. The maximum absolute atomic E-state index is 10.4. The number of rotatable bonds is 11. The van der Waals surface area contributed by atoms with E-state index in [1.54, 1.807) is 14.1 Å². The molecule has 0 aromatic heterocycles. The first-order chi connectivity index (χ1) is 19.4. The van der Waals surface area contributed by atoms with Crippen molar-refractivity contribution >= 4 is 29.8 Å². The van der Waals surface area contributed by atoms with Crippen LogP contribution in [-0.2, 0) is 24.0 Å².